The van der Waals surface area contributed by atoms with Crippen LogP contribution in [-0.4, -0.2) is 4.57 Å². The van der Waals surface area contributed by atoms with Crippen molar-refractivity contribution in [3.05, 3.63) is 102 Å². The van der Waals surface area contributed by atoms with Gasteiger partial charge < -0.3 is 4.74 Å². The highest BCUT2D eigenvalue weighted by Crippen LogP contribution is 2.52. The normalized spacial score (nSPS) is 11.6. The number of ether oxygens (including phenoxy) is 1. The maximum Gasteiger partial charge on any atom is 0.163 e. The highest BCUT2D eigenvalue weighted by molar-refractivity contribution is 7.18. The van der Waals surface area contributed by atoms with Gasteiger partial charge in [0.2, 0.25) is 0 Å². The van der Waals surface area contributed by atoms with Gasteiger partial charge in [-0.2, -0.15) is 10.5 Å². The first-order valence-electron chi connectivity index (χ1n) is 11.1. The predicted octanol–water partition coefficient (Wildman–Crippen LogP) is 8.03. The van der Waals surface area contributed by atoms with Gasteiger partial charge >= 0.3 is 0 Å². The molecule has 7 rings (SSSR count). The minimum atomic E-state index is 0.524. The molecule has 0 aliphatic carbocycles. The van der Waals surface area contributed by atoms with Crippen LogP contribution in [0.25, 0.3) is 48.4 Å². The molecular weight excluding hydrogens is 450 g/mol. The van der Waals surface area contributed by atoms with Gasteiger partial charge in [-0.25, -0.2) is 0 Å². The van der Waals surface area contributed by atoms with Gasteiger partial charge in [-0.05, 0) is 47.5 Å². The summed E-state index contributed by atoms with van der Waals surface area (Å²) in [6.07, 6.45) is 0. The lowest BCUT2D eigenvalue weighted by molar-refractivity contribution is 0.480. The number of nitriles is 2. The van der Waals surface area contributed by atoms with Crippen molar-refractivity contribution in [2.75, 3.05) is 0 Å². The molecule has 0 amide bonds. The van der Waals surface area contributed by atoms with E-state index in [1.807, 2.05) is 18.2 Å². The van der Waals surface area contributed by atoms with Gasteiger partial charge in [0.25, 0.3) is 0 Å². The molecule has 0 bridgehead atoms. The summed E-state index contributed by atoms with van der Waals surface area (Å²) in [5.41, 5.74) is 6.28. The summed E-state index contributed by atoms with van der Waals surface area (Å²) in [6.45, 7) is 0. The Morgan fingerprint density at radius 1 is 0.743 bits per heavy atom. The minimum absolute atomic E-state index is 0.524. The number of thiophene rings is 1. The van der Waals surface area contributed by atoms with Crippen LogP contribution in [0.3, 0.4) is 0 Å². The maximum absolute atomic E-state index is 9.69. The monoisotopic (exact) mass is 465 g/mol. The van der Waals surface area contributed by atoms with Crippen molar-refractivity contribution < 1.29 is 4.74 Å². The van der Waals surface area contributed by atoms with Crippen molar-refractivity contribution in [1.29, 1.82) is 10.5 Å². The van der Waals surface area contributed by atoms with Crippen LogP contribution >= 0.6 is 11.3 Å². The molecule has 0 unspecified atom stereocenters. The van der Waals surface area contributed by atoms with Gasteiger partial charge in [0.1, 0.15) is 5.00 Å². The zero-order valence-electron chi connectivity index (χ0n) is 18.3. The average molecular weight is 466 g/mol. The van der Waals surface area contributed by atoms with E-state index in [2.05, 4.69) is 71.3 Å². The first kappa shape index (κ1) is 19.6. The summed E-state index contributed by atoms with van der Waals surface area (Å²) in [5.74, 6) is 1.55. The number of hydrogen-bond donors (Lipinski definition) is 0. The van der Waals surface area contributed by atoms with E-state index in [0.717, 1.165) is 54.5 Å². The summed E-state index contributed by atoms with van der Waals surface area (Å²) in [7, 11) is 0. The van der Waals surface area contributed by atoms with Crippen molar-refractivity contribution in [3.8, 4) is 50.2 Å². The van der Waals surface area contributed by atoms with Crippen molar-refractivity contribution in [2.45, 2.75) is 0 Å². The molecule has 1 aliphatic heterocycles. The van der Waals surface area contributed by atoms with Crippen molar-refractivity contribution in [1.82, 2.24) is 4.57 Å². The molecule has 0 spiro atoms. The third-order valence-corrected chi connectivity index (χ3v) is 7.64. The molecule has 3 heterocycles. The Kier molecular flexibility index (Phi) is 4.11. The van der Waals surface area contributed by atoms with Crippen molar-refractivity contribution in [3.63, 3.8) is 0 Å². The van der Waals surface area contributed by atoms with E-state index in [4.69, 9.17) is 4.74 Å². The van der Waals surface area contributed by atoms with Gasteiger partial charge in [-0.1, -0.05) is 48.5 Å². The third kappa shape index (κ3) is 2.77. The first-order valence-corrected chi connectivity index (χ1v) is 12.0. The van der Waals surface area contributed by atoms with E-state index in [0.29, 0.717) is 11.1 Å². The summed E-state index contributed by atoms with van der Waals surface area (Å²) in [6, 6.07) is 34.6. The molecular formula is C30H15N3OS. The third-order valence-electron chi connectivity index (χ3n) is 6.50. The average Bonchev–Trinajstić information content (AvgIpc) is 3.49. The summed E-state index contributed by atoms with van der Waals surface area (Å²) in [4.78, 5) is 0.894. The first-order chi connectivity index (χ1) is 17.3. The summed E-state index contributed by atoms with van der Waals surface area (Å²) >= 11 is 1.57. The van der Waals surface area contributed by atoms with Crippen LogP contribution in [0.5, 0.6) is 11.5 Å². The van der Waals surface area contributed by atoms with Gasteiger partial charge in [0, 0.05) is 27.3 Å². The number of aromatic nitrogens is 1. The second-order valence-electron chi connectivity index (χ2n) is 8.42. The van der Waals surface area contributed by atoms with Crippen LogP contribution in [-0.2, 0) is 0 Å². The van der Waals surface area contributed by atoms with Crippen LogP contribution < -0.4 is 4.74 Å². The van der Waals surface area contributed by atoms with Crippen LogP contribution in [0.2, 0.25) is 0 Å². The van der Waals surface area contributed by atoms with Gasteiger partial charge in [0.15, 0.2) is 11.5 Å². The molecule has 0 fully saturated rings. The van der Waals surface area contributed by atoms with E-state index in [1.54, 1.807) is 29.5 Å². The molecule has 0 N–H and O–H groups in total. The van der Waals surface area contributed by atoms with E-state index < -0.39 is 0 Å². The Morgan fingerprint density at radius 2 is 1.57 bits per heavy atom. The number of benzene rings is 4. The Hall–Kier alpha value is -4.84. The quantitative estimate of drug-likeness (QED) is 0.260. The fourth-order valence-corrected chi connectivity index (χ4v) is 6.11. The van der Waals surface area contributed by atoms with Crippen molar-refractivity contribution >= 4 is 33.1 Å². The number of hydrogen-bond acceptors (Lipinski definition) is 4. The zero-order valence-corrected chi connectivity index (χ0v) is 19.1. The predicted molar refractivity (Wildman–Crippen MR) is 139 cm³/mol. The molecule has 4 nitrogen and oxygen atoms in total. The number of nitrogens with zero attached hydrogens (tertiary/aromatic N) is 3. The molecule has 5 heteroatoms. The number of rotatable bonds is 2. The van der Waals surface area contributed by atoms with Gasteiger partial charge in [-0.15, -0.1) is 11.3 Å². The topological polar surface area (TPSA) is 61.7 Å². The second-order valence-corrected chi connectivity index (χ2v) is 9.45. The fourth-order valence-electron chi connectivity index (χ4n) is 4.98. The molecule has 2 aromatic heterocycles. The van der Waals surface area contributed by atoms with E-state index >= 15 is 0 Å². The maximum atomic E-state index is 9.69. The highest BCUT2D eigenvalue weighted by atomic mass is 32.1. The fraction of sp³-hybridized carbons (Fsp3) is 0. The SMILES string of the molecule is N#Cc1ccc(C#N)c(-c2cc3c(s2)-n2c4ccccc4c4c(-c5ccccc5)ccc(c42)O3)c1. The molecule has 4 aromatic carbocycles. The molecule has 0 saturated heterocycles. The van der Waals surface area contributed by atoms with Gasteiger partial charge in [-0.3, -0.25) is 4.57 Å². The molecule has 1 aliphatic rings. The van der Waals surface area contributed by atoms with Crippen LogP contribution in [0.4, 0.5) is 0 Å². The molecule has 0 radical (unpaired) electrons. The van der Waals surface area contributed by atoms with Crippen LogP contribution in [0.15, 0.2) is 91.0 Å². The molecule has 0 saturated carbocycles. The minimum Gasteiger partial charge on any atom is -0.452 e. The Balaban J connectivity index is 1.55. The zero-order chi connectivity index (χ0) is 23.5. The van der Waals surface area contributed by atoms with Crippen molar-refractivity contribution in [2.24, 2.45) is 0 Å². The summed E-state index contributed by atoms with van der Waals surface area (Å²) < 4.78 is 8.72. The second kappa shape index (κ2) is 7.33. The van der Waals surface area contributed by atoms with Crippen LogP contribution in [0.1, 0.15) is 11.1 Å². The van der Waals surface area contributed by atoms with E-state index in [-0.39, 0.29) is 0 Å². The number of para-hydroxylation sites is 1. The molecule has 35 heavy (non-hydrogen) atoms. The summed E-state index contributed by atoms with van der Waals surface area (Å²) in [5, 5.41) is 22.4. The van der Waals surface area contributed by atoms with Crippen LogP contribution in [0, 0.1) is 22.7 Å². The van der Waals surface area contributed by atoms with E-state index in [1.165, 1.54) is 5.39 Å². The Bertz CT molecular complexity index is 1900. The largest absolute Gasteiger partial charge is 0.452 e. The van der Waals surface area contributed by atoms with Gasteiger partial charge in [0.05, 0.1) is 34.3 Å². The lowest BCUT2D eigenvalue weighted by atomic mass is 9.99. The lowest BCUT2D eigenvalue weighted by Gasteiger charge is -2.18. The molecule has 162 valence electrons. The molecule has 6 aromatic rings. The molecule has 0 atom stereocenters. The number of fused-ring (bicyclic) bond motifs is 5. The standard InChI is InChI=1S/C30H15N3OS/c31-16-18-10-11-20(17-32)23(14-18)27-15-26-30(35-27)33-24-9-5-4-8-22(24)28-21(19-6-2-1-3-7-19)12-13-25(34-26)29(28)33/h1-15H. The highest BCUT2D eigenvalue weighted by Gasteiger charge is 2.28. The van der Waals surface area contributed by atoms with E-state index in [9.17, 15) is 10.5 Å². The Morgan fingerprint density at radius 3 is 2.40 bits per heavy atom. The lowest BCUT2D eigenvalue weighted by Crippen LogP contribution is -2.01. The smallest absolute Gasteiger partial charge is 0.163 e. The Labute approximate surface area is 205 Å².